The molecule has 3 heteroatoms. The summed E-state index contributed by atoms with van der Waals surface area (Å²) in [5, 5.41) is 3.66. The first-order valence-electron chi connectivity index (χ1n) is 7.79. The first-order valence-corrected chi connectivity index (χ1v) is 7.79. The van der Waals surface area contributed by atoms with Crippen LogP contribution in [0.25, 0.3) is 0 Å². The van der Waals surface area contributed by atoms with Crippen molar-refractivity contribution in [2.24, 2.45) is 0 Å². The first kappa shape index (κ1) is 15.5. The zero-order valence-electron chi connectivity index (χ0n) is 13.4. The Hall–Kier alpha value is -0.900. The van der Waals surface area contributed by atoms with Gasteiger partial charge in [0.2, 0.25) is 0 Å². The highest BCUT2D eigenvalue weighted by Crippen LogP contribution is 2.22. The van der Waals surface area contributed by atoms with E-state index in [4.69, 9.17) is 0 Å². The van der Waals surface area contributed by atoms with E-state index >= 15 is 0 Å². The van der Waals surface area contributed by atoms with E-state index in [9.17, 15) is 0 Å². The molecule has 3 nitrogen and oxygen atoms in total. The fourth-order valence-electron chi connectivity index (χ4n) is 3.01. The monoisotopic (exact) mass is 275 g/mol. The van der Waals surface area contributed by atoms with Crippen LogP contribution >= 0.6 is 0 Å². The van der Waals surface area contributed by atoms with E-state index in [1.807, 2.05) is 0 Å². The summed E-state index contributed by atoms with van der Waals surface area (Å²) in [6, 6.07) is 10.1. The van der Waals surface area contributed by atoms with Crippen molar-refractivity contribution < 1.29 is 0 Å². The van der Waals surface area contributed by atoms with Crippen molar-refractivity contribution in [3.05, 3.63) is 35.4 Å². The van der Waals surface area contributed by atoms with Gasteiger partial charge in [0, 0.05) is 31.7 Å². The van der Waals surface area contributed by atoms with Crippen LogP contribution in [0.3, 0.4) is 0 Å². The molecule has 1 saturated heterocycles. The molecule has 0 radical (unpaired) electrons. The van der Waals surface area contributed by atoms with Gasteiger partial charge in [-0.1, -0.05) is 36.8 Å². The van der Waals surface area contributed by atoms with Crippen LogP contribution in [0.4, 0.5) is 0 Å². The van der Waals surface area contributed by atoms with Crippen molar-refractivity contribution in [2.75, 3.05) is 40.3 Å². The van der Waals surface area contributed by atoms with Crippen LogP contribution in [0.15, 0.2) is 24.3 Å². The minimum atomic E-state index is 0.458. The molecule has 1 fully saturated rings. The Kier molecular flexibility index (Phi) is 5.58. The van der Waals surface area contributed by atoms with Gasteiger partial charge >= 0.3 is 0 Å². The van der Waals surface area contributed by atoms with E-state index < -0.39 is 0 Å². The van der Waals surface area contributed by atoms with Crippen LogP contribution in [0, 0.1) is 6.92 Å². The highest BCUT2D eigenvalue weighted by molar-refractivity contribution is 5.24. The van der Waals surface area contributed by atoms with Gasteiger partial charge in [-0.3, -0.25) is 0 Å². The van der Waals surface area contributed by atoms with E-state index in [0.717, 1.165) is 6.54 Å². The molecule has 1 aliphatic heterocycles. The van der Waals surface area contributed by atoms with Gasteiger partial charge in [-0.25, -0.2) is 0 Å². The average molecular weight is 275 g/mol. The summed E-state index contributed by atoms with van der Waals surface area (Å²) >= 11 is 0. The van der Waals surface area contributed by atoms with E-state index in [0.29, 0.717) is 12.1 Å². The van der Waals surface area contributed by atoms with Gasteiger partial charge < -0.3 is 15.1 Å². The minimum Gasteiger partial charge on any atom is -0.310 e. The summed E-state index contributed by atoms with van der Waals surface area (Å²) < 4.78 is 0. The van der Waals surface area contributed by atoms with Crippen LogP contribution in [-0.4, -0.2) is 56.1 Å². The van der Waals surface area contributed by atoms with Crippen molar-refractivity contribution in [3.8, 4) is 0 Å². The van der Waals surface area contributed by atoms with E-state index in [-0.39, 0.29) is 0 Å². The van der Waals surface area contributed by atoms with Gasteiger partial charge in [0.05, 0.1) is 0 Å². The topological polar surface area (TPSA) is 18.5 Å². The van der Waals surface area contributed by atoms with Gasteiger partial charge in [-0.15, -0.1) is 0 Å². The van der Waals surface area contributed by atoms with Crippen LogP contribution in [0.1, 0.15) is 30.5 Å². The fraction of sp³-hybridized carbons (Fsp3) is 0.647. The standard InChI is InChI=1S/C17H29N3/c1-5-18-17(15-8-6-14(2)7-9-15)12-16-13-19(3)10-11-20(16)4/h6-9,16-18H,5,10-13H2,1-4H3. The van der Waals surface area contributed by atoms with Crippen molar-refractivity contribution in [3.63, 3.8) is 0 Å². The molecule has 0 bridgehead atoms. The van der Waals surface area contributed by atoms with Gasteiger partial charge in [-0.05, 0) is 39.5 Å². The molecule has 1 N–H and O–H groups in total. The maximum Gasteiger partial charge on any atom is 0.0335 e. The molecule has 2 unspecified atom stereocenters. The molecule has 20 heavy (non-hydrogen) atoms. The number of hydrogen-bond acceptors (Lipinski definition) is 3. The van der Waals surface area contributed by atoms with Gasteiger partial charge in [0.15, 0.2) is 0 Å². The van der Waals surface area contributed by atoms with Crippen LogP contribution in [0.5, 0.6) is 0 Å². The number of nitrogens with one attached hydrogen (secondary N) is 1. The fourth-order valence-corrected chi connectivity index (χ4v) is 3.01. The lowest BCUT2D eigenvalue weighted by atomic mass is 9.96. The number of aryl methyl sites for hydroxylation is 1. The second-order valence-electron chi connectivity index (χ2n) is 6.15. The normalized spacial score (nSPS) is 22.9. The molecule has 0 saturated carbocycles. The van der Waals surface area contributed by atoms with Gasteiger partial charge in [0.1, 0.15) is 0 Å². The van der Waals surface area contributed by atoms with Crippen molar-refractivity contribution in [1.29, 1.82) is 0 Å². The number of rotatable bonds is 5. The third kappa shape index (κ3) is 4.05. The Balaban J connectivity index is 2.06. The maximum atomic E-state index is 3.66. The molecule has 2 rings (SSSR count). The Morgan fingerprint density at radius 3 is 2.55 bits per heavy atom. The number of piperazine rings is 1. The molecule has 0 aliphatic carbocycles. The lowest BCUT2D eigenvalue weighted by Crippen LogP contribution is -2.51. The minimum absolute atomic E-state index is 0.458. The van der Waals surface area contributed by atoms with Crippen molar-refractivity contribution >= 4 is 0 Å². The maximum absolute atomic E-state index is 3.66. The summed E-state index contributed by atoms with van der Waals surface area (Å²) in [5.74, 6) is 0. The number of hydrogen-bond donors (Lipinski definition) is 1. The number of benzene rings is 1. The molecule has 0 aromatic heterocycles. The quantitative estimate of drug-likeness (QED) is 0.889. The molecular formula is C17H29N3. The predicted molar refractivity (Wildman–Crippen MR) is 86.1 cm³/mol. The second-order valence-corrected chi connectivity index (χ2v) is 6.15. The molecule has 0 spiro atoms. The summed E-state index contributed by atoms with van der Waals surface area (Å²) in [6.07, 6.45) is 1.18. The predicted octanol–water partition coefficient (Wildman–Crippen LogP) is 2.28. The molecule has 1 aliphatic rings. The summed E-state index contributed by atoms with van der Waals surface area (Å²) in [5.41, 5.74) is 2.75. The summed E-state index contributed by atoms with van der Waals surface area (Å²) in [6.45, 7) is 8.89. The van der Waals surface area contributed by atoms with Crippen LogP contribution in [0.2, 0.25) is 0 Å². The van der Waals surface area contributed by atoms with E-state index in [2.05, 4.69) is 67.3 Å². The van der Waals surface area contributed by atoms with Crippen LogP contribution in [-0.2, 0) is 0 Å². The Bertz CT molecular complexity index is 401. The highest BCUT2D eigenvalue weighted by atomic mass is 15.3. The smallest absolute Gasteiger partial charge is 0.0335 e. The Morgan fingerprint density at radius 1 is 1.20 bits per heavy atom. The molecule has 1 heterocycles. The highest BCUT2D eigenvalue weighted by Gasteiger charge is 2.25. The molecule has 1 aromatic rings. The van der Waals surface area contributed by atoms with Crippen molar-refractivity contribution in [2.45, 2.75) is 32.4 Å². The average Bonchev–Trinajstić information content (AvgIpc) is 2.43. The second kappa shape index (κ2) is 7.21. The largest absolute Gasteiger partial charge is 0.310 e. The summed E-state index contributed by atoms with van der Waals surface area (Å²) in [4.78, 5) is 4.96. The van der Waals surface area contributed by atoms with Crippen LogP contribution < -0.4 is 5.32 Å². The molecular weight excluding hydrogens is 246 g/mol. The number of nitrogens with zero attached hydrogens (tertiary/aromatic N) is 2. The third-order valence-electron chi connectivity index (χ3n) is 4.42. The zero-order valence-corrected chi connectivity index (χ0v) is 13.4. The first-order chi connectivity index (χ1) is 9.60. The lowest BCUT2D eigenvalue weighted by Gasteiger charge is -2.39. The van der Waals surface area contributed by atoms with E-state index in [1.54, 1.807) is 0 Å². The Morgan fingerprint density at radius 2 is 1.90 bits per heavy atom. The summed E-state index contributed by atoms with van der Waals surface area (Å²) in [7, 11) is 4.49. The van der Waals surface area contributed by atoms with E-state index in [1.165, 1.54) is 37.2 Å². The molecule has 0 amide bonds. The Labute approximate surface area is 124 Å². The molecule has 2 atom stereocenters. The zero-order chi connectivity index (χ0) is 14.5. The third-order valence-corrected chi connectivity index (χ3v) is 4.42. The van der Waals surface area contributed by atoms with Gasteiger partial charge in [0.25, 0.3) is 0 Å². The van der Waals surface area contributed by atoms with Crippen molar-refractivity contribution in [1.82, 2.24) is 15.1 Å². The molecule has 1 aromatic carbocycles. The lowest BCUT2D eigenvalue weighted by molar-refractivity contribution is 0.101. The number of likely N-dealkylation sites (N-methyl/N-ethyl adjacent to an activating group) is 2. The molecule has 112 valence electrons. The van der Waals surface area contributed by atoms with Gasteiger partial charge in [-0.2, -0.15) is 0 Å². The SMILES string of the molecule is CCNC(CC1CN(C)CCN1C)c1ccc(C)cc1.